The maximum absolute atomic E-state index is 12.3. The molecule has 0 aromatic heterocycles. The standard InChI is InChI=1S/C16H14ClN3O3/c1-10(21)20(14-7-5-12(18)6-8-14)16(23)15(22)19-13-4-2-3-11(17)9-13/h2-9H,18H2,1H3,(H,19,22). The van der Waals surface area contributed by atoms with E-state index < -0.39 is 17.7 Å². The first kappa shape index (κ1) is 16.5. The molecule has 0 aliphatic rings. The molecule has 6 nitrogen and oxygen atoms in total. The summed E-state index contributed by atoms with van der Waals surface area (Å²) >= 11 is 5.82. The molecule has 0 fully saturated rings. The molecule has 0 spiro atoms. The van der Waals surface area contributed by atoms with Gasteiger partial charge in [0.15, 0.2) is 0 Å². The number of nitrogen functional groups attached to an aromatic ring is 1. The summed E-state index contributed by atoms with van der Waals surface area (Å²) in [5, 5.41) is 2.82. The summed E-state index contributed by atoms with van der Waals surface area (Å²) in [5.41, 5.74) is 6.67. The van der Waals surface area contributed by atoms with Gasteiger partial charge in [-0.15, -0.1) is 0 Å². The highest BCUT2D eigenvalue weighted by Crippen LogP contribution is 2.18. The van der Waals surface area contributed by atoms with Gasteiger partial charge in [-0.05, 0) is 42.5 Å². The Bertz CT molecular complexity index is 759. The SMILES string of the molecule is CC(=O)N(C(=O)C(=O)Nc1cccc(Cl)c1)c1ccc(N)cc1. The van der Waals surface area contributed by atoms with Crippen LogP contribution in [-0.4, -0.2) is 17.7 Å². The van der Waals surface area contributed by atoms with Gasteiger partial charge in [-0.1, -0.05) is 17.7 Å². The molecule has 118 valence electrons. The van der Waals surface area contributed by atoms with Crippen molar-refractivity contribution in [3.63, 3.8) is 0 Å². The van der Waals surface area contributed by atoms with Crippen molar-refractivity contribution in [2.45, 2.75) is 6.92 Å². The van der Waals surface area contributed by atoms with Crippen LogP contribution in [0.2, 0.25) is 5.02 Å². The van der Waals surface area contributed by atoms with Crippen LogP contribution in [-0.2, 0) is 14.4 Å². The normalized spacial score (nSPS) is 10.0. The second kappa shape index (κ2) is 6.93. The van der Waals surface area contributed by atoms with Crippen molar-refractivity contribution in [3.05, 3.63) is 53.6 Å². The lowest BCUT2D eigenvalue weighted by molar-refractivity contribution is -0.136. The van der Waals surface area contributed by atoms with Crippen LogP contribution >= 0.6 is 11.6 Å². The van der Waals surface area contributed by atoms with Crippen LogP contribution in [0.15, 0.2) is 48.5 Å². The number of nitrogens with zero attached hydrogens (tertiary/aromatic N) is 1. The summed E-state index contributed by atoms with van der Waals surface area (Å²) in [6, 6.07) is 12.4. The number of rotatable bonds is 2. The van der Waals surface area contributed by atoms with Crippen molar-refractivity contribution in [1.82, 2.24) is 0 Å². The molecular weight excluding hydrogens is 318 g/mol. The van der Waals surface area contributed by atoms with Gasteiger partial charge >= 0.3 is 11.8 Å². The zero-order valence-electron chi connectivity index (χ0n) is 12.2. The van der Waals surface area contributed by atoms with Crippen molar-refractivity contribution in [2.75, 3.05) is 16.0 Å². The molecule has 3 amide bonds. The number of carbonyl (C=O) groups excluding carboxylic acids is 3. The Morgan fingerprint density at radius 1 is 1.09 bits per heavy atom. The van der Waals surface area contributed by atoms with Crippen LogP contribution in [0.1, 0.15) is 6.92 Å². The third-order valence-electron chi connectivity index (χ3n) is 2.95. The largest absolute Gasteiger partial charge is 0.399 e. The molecule has 23 heavy (non-hydrogen) atoms. The number of amides is 3. The van der Waals surface area contributed by atoms with E-state index in [1.54, 1.807) is 18.2 Å². The molecule has 2 aromatic rings. The predicted octanol–water partition coefficient (Wildman–Crippen LogP) is 2.44. The number of halogens is 1. The smallest absolute Gasteiger partial charge is 0.323 e. The van der Waals surface area contributed by atoms with E-state index in [1.165, 1.54) is 37.3 Å². The summed E-state index contributed by atoms with van der Waals surface area (Å²) in [7, 11) is 0. The topological polar surface area (TPSA) is 92.5 Å². The molecule has 7 heteroatoms. The van der Waals surface area contributed by atoms with Crippen LogP contribution in [0.4, 0.5) is 17.1 Å². The number of carbonyl (C=O) groups is 3. The van der Waals surface area contributed by atoms with Gasteiger partial charge in [0.2, 0.25) is 5.91 Å². The molecule has 0 radical (unpaired) electrons. The Hall–Kier alpha value is -2.86. The van der Waals surface area contributed by atoms with Crippen molar-refractivity contribution in [2.24, 2.45) is 0 Å². The second-order valence-corrected chi connectivity index (χ2v) is 5.15. The monoisotopic (exact) mass is 331 g/mol. The highest BCUT2D eigenvalue weighted by atomic mass is 35.5. The van der Waals surface area contributed by atoms with Gasteiger partial charge in [-0.3, -0.25) is 14.4 Å². The van der Waals surface area contributed by atoms with E-state index in [0.29, 0.717) is 16.4 Å². The minimum absolute atomic E-state index is 0.262. The van der Waals surface area contributed by atoms with Gasteiger partial charge in [0.1, 0.15) is 0 Å². The number of anilines is 3. The number of nitrogens with one attached hydrogen (secondary N) is 1. The lowest BCUT2D eigenvalue weighted by Crippen LogP contribution is -2.42. The minimum Gasteiger partial charge on any atom is -0.399 e. The summed E-state index contributed by atoms with van der Waals surface area (Å²) in [6.07, 6.45) is 0. The number of imide groups is 1. The highest BCUT2D eigenvalue weighted by molar-refractivity contribution is 6.48. The van der Waals surface area contributed by atoms with Crippen LogP contribution < -0.4 is 16.0 Å². The molecular formula is C16H14ClN3O3. The lowest BCUT2D eigenvalue weighted by atomic mass is 10.2. The van der Waals surface area contributed by atoms with Crippen LogP contribution in [0.25, 0.3) is 0 Å². The Morgan fingerprint density at radius 2 is 1.74 bits per heavy atom. The summed E-state index contributed by atoms with van der Waals surface area (Å²) < 4.78 is 0. The first-order valence-electron chi connectivity index (χ1n) is 6.65. The van der Waals surface area contributed by atoms with E-state index in [9.17, 15) is 14.4 Å². The van der Waals surface area contributed by atoms with Crippen molar-refractivity contribution in [1.29, 1.82) is 0 Å². The van der Waals surface area contributed by atoms with Crippen LogP contribution in [0.5, 0.6) is 0 Å². The van der Waals surface area contributed by atoms with E-state index in [1.807, 2.05) is 0 Å². The number of benzene rings is 2. The third-order valence-corrected chi connectivity index (χ3v) is 3.18. The third kappa shape index (κ3) is 4.08. The average molecular weight is 332 g/mol. The Kier molecular flexibility index (Phi) is 4.98. The molecule has 2 aromatic carbocycles. The Balaban J connectivity index is 2.22. The second-order valence-electron chi connectivity index (χ2n) is 4.72. The van der Waals surface area contributed by atoms with Crippen molar-refractivity contribution < 1.29 is 14.4 Å². The fourth-order valence-corrected chi connectivity index (χ4v) is 2.11. The zero-order chi connectivity index (χ0) is 17.0. The van der Waals surface area contributed by atoms with Gasteiger partial charge in [-0.25, -0.2) is 4.90 Å². The zero-order valence-corrected chi connectivity index (χ0v) is 13.0. The average Bonchev–Trinajstić information content (AvgIpc) is 2.49. The lowest BCUT2D eigenvalue weighted by Gasteiger charge is -2.18. The number of nitrogens with two attached hydrogens (primary N) is 1. The summed E-state index contributed by atoms with van der Waals surface area (Å²) in [4.78, 5) is 36.9. The molecule has 3 N–H and O–H groups in total. The predicted molar refractivity (Wildman–Crippen MR) is 89.1 cm³/mol. The molecule has 0 aliphatic heterocycles. The molecule has 0 unspecified atom stereocenters. The minimum atomic E-state index is -0.998. The van der Waals surface area contributed by atoms with E-state index >= 15 is 0 Å². The quantitative estimate of drug-likeness (QED) is 0.653. The molecule has 0 bridgehead atoms. The van der Waals surface area contributed by atoms with E-state index in [0.717, 1.165) is 4.90 Å². The van der Waals surface area contributed by atoms with E-state index in [2.05, 4.69) is 5.32 Å². The van der Waals surface area contributed by atoms with Crippen LogP contribution in [0.3, 0.4) is 0 Å². The molecule has 0 atom stereocenters. The van der Waals surface area contributed by atoms with Gasteiger partial charge in [0.05, 0.1) is 5.69 Å². The fraction of sp³-hybridized carbons (Fsp3) is 0.0625. The van der Waals surface area contributed by atoms with Gasteiger partial charge in [0.25, 0.3) is 0 Å². The summed E-state index contributed by atoms with van der Waals surface area (Å²) in [6.45, 7) is 1.20. The van der Waals surface area contributed by atoms with Crippen molar-refractivity contribution in [3.8, 4) is 0 Å². The van der Waals surface area contributed by atoms with Gasteiger partial charge < -0.3 is 11.1 Å². The maximum Gasteiger partial charge on any atom is 0.323 e. The fourth-order valence-electron chi connectivity index (χ4n) is 1.92. The van der Waals surface area contributed by atoms with E-state index in [4.69, 9.17) is 17.3 Å². The first-order valence-corrected chi connectivity index (χ1v) is 7.03. The molecule has 0 saturated heterocycles. The molecule has 2 rings (SSSR count). The molecule has 0 saturated carbocycles. The van der Waals surface area contributed by atoms with Crippen molar-refractivity contribution >= 4 is 46.4 Å². The Labute approximate surface area is 137 Å². The molecule has 0 heterocycles. The summed E-state index contributed by atoms with van der Waals surface area (Å²) in [5.74, 6) is -2.53. The van der Waals surface area contributed by atoms with E-state index in [-0.39, 0.29) is 5.69 Å². The number of hydrogen-bond acceptors (Lipinski definition) is 4. The Morgan fingerprint density at radius 3 is 2.30 bits per heavy atom. The number of hydrogen-bond donors (Lipinski definition) is 2. The van der Waals surface area contributed by atoms with Gasteiger partial charge in [0, 0.05) is 23.3 Å². The van der Waals surface area contributed by atoms with Crippen LogP contribution in [0, 0.1) is 0 Å². The van der Waals surface area contributed by atoms with Gasteiger partial charge in [-0.2, -0.15) is 0 Å². The molecule has 0 aliphatic carbocycles. The first-order chi connectivity index (χ1) is 10.9. The maximum atomic E-state index is 12.3. The highest BCUT2D eigenvalue weighted by Gasteiger charge is 2.26.